The molecule has 1 aliphatic rings. The number of thioether (sulfide) groups is 1. The van der Waals surface area contributed by atoms with Crippen LogP contribution in [0.25, 0.3) is 0 Å². The summed E-state index contributed by atoms with van der Waals surface area (Å²) in [5.41, 5.74) is 4.66. The maximum Gasteiger partial charge on any atom is 0.248 e. The maximum atomic E-state index is 11.7. The van der Waals surface area contributed by atoms with Crippen molar-refractivity contribution >= 4 is 33.4 Å². The molecule has 0 aliphatic carbocycles. The first-order valence-corrected chi connectivity index (χ1v) is 10.2. The Morgan fingerprint density at radius 1 is 1.21 bits per heavy atom. The largest absolute Gasteiger partial charge is 0.497 e. The summed E-state index contributed by atoms with van der Waals surface area (Å²) in [4.78, 5) is 24.3. The molecule has 132 valence electrons. The van der Waals surface area contributed by atoms with Crippen molar-refractivity contribution in [2.24, 2.45) is 5.92 Å². The molecule has 1 saturated heterocycles. The van der Waals surface area contributed by atoms with E-state index in [1.807, 2.05) is 12.1 Å². The van der Waals surface area contributed by atoms with Crippen molar-refractivity contribution in [2.45, 2.75) is 17.7 Å². The standard InChI is InChI=1S/C15H20N2O5S2/c1-22-12-2-4-13(5-3-12)23-9-15(19)17-16-14(18)8-11-6-7-24(20,21)10-11/h2-5,11H,6-10H2,1H3,(H,16,18)(H,17,19)/t11-/m1/s1. The van der Waals surface area contributed by atoms with Crippen molar-refractivity contribution in [2.75, 3.05) is 24.4 Å². The Morgan fingerprint density at radius 2 is 1.88 bits per heavy atom. The van der Waals surface area contributed by atoms with E-state index < -0.39 is 9.84 Å². The van der Waals surface area contributed by atoms with Crippen molar-refractivity contribution in [3.63, 3.8) is 0 Å². The number of methoxy groups -OCH3 is 1. The lowest BCUT2D eigenvalue weighted by molar-refractivity contribution is -0.128. The first-order chi connectivity index (χ1) is 11.4. The quantitative estimate of drug-likeness (QED) is 0.565. The number of rotatable bonds is 6. The maximum absolute atomic E-state index is 11.7. The minimum absolute atomic E-state index is 0.0433. The molecular formula is C15H20N2O5S2. The second-order valence-electron chi connectivity index (χ2n) is 5.53. The molecule has 0 aromatic heterocycles. The number of ether oxygens (including phenoxy) is 1. The van der Waals surface area contributed by atoms with Gasteiger partial charge in [0.1, 0.15) is 5.75 Å². The predicted molar refractivity (Wildman–Crippen MR) is 91.4 cm³/mol. The van der Waals surface area contributed by atoms with E-state index in [4.69, 9.17) is 4.74 Å². The Balaban J connectivity index is 1.66. The van der Waals surface area contributed by atoms with Crippen LogP contribution in [0, 0.1) is 5.92 Å². The molecule has 0 unspecified atom stereocenters. The van der Waals surface area contributed by atoms with E-state index in [9.17, 15) is 18.0 Å². The van der Waals surface area contributed by atoms with E-state index in [1.165, 1.54) is 11.8 Å². The average molecular weight is 372 g/mol. The number of hydrazine groups is 1. The van der Waals surface area contributed by atoms with Crippen LogP contribution in [0.4, 0.5) is 0 Å². The molecule has 1 aromatic carbocycles. The van der Waals surface area contributed by atoms with Gasteiger partial charge in [-0.1, -0.05) is 0 Å². The van der Waals surface area contributed by atoms with Gasteiger partial charge in [0.2, 0.25) is 11.8 Å². The topological polar surface area (TPSA) is 102 Å². The highest BCUT2D eigenvalue weighted by Gasteiger charge is 2.29. The van der Waals surface area contributed by atoms with E-state index in [-0.39, 0.29) is 41.4 Å². The number of carbonyl (C=O) groups is 2. The van der Waals surface area contributed by atoms with E-state index in [2.05, 4.69) is 10.9 Å². The predicted octanol–water partition coefficient (Wildman–Crippen LogP) is 0.759. The van der Waals surface area contributed by atoms with Crippen molar-refractivity contribution in [1.82, 2.24) is 10.9 Å². The third-order valence-corrected chi connectivity index (χ3v) is 6.42. The zero-order valence-corrected chi connectivity index (χ0v) is 14.9. The molecule has 0 radical (unpaired) electrons. The lowest BCUT2D eigenvalue weighted by Crippen LogP contribution is -2.43. The summed E-state index contributed by atoms with van der Waals surface area (Å²) in [6.07, 6.45) is 0.599. The smallest absolute Gasteiger partial charge is 0.248 e. The minimum atomic E-state index is -3.00. The molecule has 1 heterocycles. The van der Waals surface area contributed by atoms with Crippen LogP contribution in [-0.2, 0) is 19.4 Å². The number of amides is 2. The molecule has 24 heavy (non-hydrogen) atoms. The highest BCUT2D eigenvalue weighted by molar-refractivity contribution is 8.00. The highest BCUT2D eigenvalue weighted by Crippen LogP contribution is 2.22. The van der Waals surface area contributed by atoms with Crippen molar-refractivity contribution in [3.8, 4) is 5.75 Å². The number of hydrogen-bond acceptors (Lipinski definition) is 6. The average Bonchev–Trinajstić information content (AvgIpc) is 2.90. The molecule has 1 fully saturated rings. The molecule has 7 nitrogen and oxygen atoms in total. The van der Waals surface area contributed by atoms with Gasteiger partial charge < -0.3 is 4.74 Å². The molecule has 1 aliphatic heterocycles. The molecule has 0 spiro atoms. The van der Waals surface area contributed by atoms with Gasteiger partial charge in [-0.05, 0) is 36.6 Å². The van der Waals surface area contributed by atoms with Crippen LogP contribution < -0.4 is 15.6 Å². The third kappa shape index (κ3) is 6.04. The van der Waals surface area contributed by atoms with Crippen LogP contribution in [0.2, 0.25) is 0 Å². The van der Waals surface area contributed by atoms with E-state index >= 15 is 0 Å². The first kappa shape index (κ1) is 18.6. The number of carbonyl (C=O) groups excluding carboxylic acids is 2. The summed E-state index contributed by atoms with van der Waals surface area (Å²) >= 11 is 1.33. The number of hydrogen-bond donors (Lipinski definition) is 2. The van der Waals surface area contributed by atoms with Crippen molar-refractivity contribution in [1.29, 1.82) is 0 Å². The fourth-order valence-corrected chi connectivity index (χ4v) is 4.90. The zero-order valence-electron chi connectivity index (χ0n) is 13.3. The Hall–Kier alpha value is -1.74. The summed E-state index contributed by atoms with van der Waals surface area (Å²) in [5, 5.41) is 0. The van der Waals surface area contributed by atoms with Crippen LogP contribution in [-0.4, -0.2) is 44.6 Å². The van der Waals surface area contributed by atoms with Gasteiger partial charge in [0.05, 0.1) is 24.4 Å². The summed E-state index contributed by atoms with van der Waals surface area (Å²) in [6, 6.07) is 7.29. The molecular weight excluding hydrogens is 352 g/mol. The van der Waals surface area contributed by atoms with Gasteiger partial charge in [-0.3, -0.25) is 20.4 Å². The van der Waals surface area contributed by atoms with E-state index in [0.29, 0.717) is 6.42 Å². The van der Waals surface area contributed by atoms with Gasteiger partial charge in [-0.25, -0.2) is 8.42 Å². The Bertz CT molecular complexity index is 688. The summed E-state index contributed by atoms with van der Waals surface area (Å²) in [6.45, 7) is 0. The van der Waals surface area contributed by atoms with E-state index in [1.54, 1.807) is 19.2 Å². The fourth-order valence-electron chi connectivity index (χ4n) is 2.34. The Labute approximate surface area is 145 Å². The lowest BCUT2D eigenvalue weighted by Gasteiger charge is -2.10. The van der Waals surface area contributed by atoms with Crippen molar-refractivity contribution < 1.29 is 22.7 Å². The second kappa shape index (κ2) is 8.39. The molecule has 2 N–H and O–H groups in total. The first-order valence-electron chi connectivity index (χ1n) is 7.43. The monoisotopic (exact) mass is 372 g/mol. The molecule has 0 bridgehead atoms. The van der Waals surface area contributed by atoms with Crippen LogP contribution in [0.3, 0.4) is 0 Å². The van der Waals surface area contributed by atoms with Crippen LogP contribution in [0.5, 0.6) is 5.75 Å². The van der Waals surface area contributed by atoms with Gasteiger partial charge >= 0.3 is 0 Å². The summed E-state index contributed by atoms with van der Waals surface area (Å²) in [5.74, 6) is 0.204. The molecule has 1 atom stereocenters. The SMILES string of the molecule is COc1ccc(SCC(=O)NNC(=O)C[C@H]2CCS(=O)(=O)C2)cc1. The van der Waals surface area contributed by atoms with Gasteiger partial charge in [0, 0.05) is 11.3 Å². The van der Waals surface area contributed by atoms with Gasteiger partial charge in [-0.15, -0.1) is 11.8 Å². The minimum Gasteiger partial charge on any atom is -0.497 e. The van der Waals surface area contributed by atoms with Gasteiger partial charge in [-0.2, -0.15) is 0 Å². The van der Waals surface area contributed by atoms with Crippen LogP contribution in [0.15, 0.2) is 29.2 Å². The number of sulfone groups is 1. The zero-order chi connectivity index (χ0) is 17.6. The lowest BCUT2D eigenvalue weighted by atomic mass is 10.1. The number of nitrogens with one attached hydrogen (secondary N) is 2. The van der Waals surface area contributed by atoms with E-state index in [0.717, 1.165) is 10.6 Å². The number of benzene rings is 1. The van der Waals surface area contributed by atoms with Crippen molar-refractivity contribution in [3.05, 3.63) is 24.3 Å². The summed E-state index contributed by atoms with van der Waals surface area (Å²) < 4.78 is 27.7. The van der Waals surface area contributed by atoms with Crippen LogP contribution >= 0.6 is 11.8 Å². The van der Waals surface area contributed by atoms with Gasteiger partial charge in [0.25, 0.3) is 0 Å². The highest BCUT2D eigenvalue weighted by atomic mass is 32.2. The summed E-state index contributed by atoms with van der Waals surface area (Å²) in [7, 11) is -1.41. The Morgan fingerprint density at radius 3 is 2.46 bits per heavy atom. The molecule has 2 amide bonds. The van der Waals surface area contributed by atoms with Crippen LogP contribution in [0.1, 0.15) is 12.8 Å². The molecule has 0 saturated carbocycles. The molecule has 9 heteroatoms. The molecule has 1 aromatic rings. The normalized spacial score (nSPS) is 18.8. The van der Waals surface area contributed by atoms with Gasteiger partial charge in [0.15, 0.2) is 9.84 Å². The fraction of sp³-hybridized carbons (Fsp3) is 0.467. The molecule has 2 rings (SSSR count). The Kier molecular flexibility index (Phi) is 6.50. The second-order valence-corrected chi connectivity index (χ2v) is 8.81. The third-order valence-electron chi connectivity index (χ3n) is 3.57.